The van der Waals surface area contributed by atoms with Gasteiger partial charge in [-0.05, 0) is 82.3 Å². The van der Waals surface area contributed by atoms with E-state index in [9.17, 15) is 24.3 Å². The van der Waals surface area contributed by atoms with E-state index in [0.29, 0.717) is 36.5 Å². The van der Waals surface area contributed by atoms with Gasteiger partial charge in [-0.15, -0.1) is 0 Å². The number of esters is 1. The SMILES string of the molecule is CNC(=O)C(CCC=O)N1C(=O)c2cc(N3CCC(CN4CCN(c5ccc(C(=O)OC(C)(C)C)cc5)CC4)CC3)c(F)cc2C1O. The predicted octanol–water partition coefficient (Wildman–Crippen LogP) is 3.36. The van der Waals surface area contributed by atoms with Crippen molar-refractivity contribution in [3.05, 3.63) is 58.9 Å². The lowest BCUT2D eigenvalue weighted by molar-refractivity contribution is -0.129. The molecule has 3 aliphatic heterocycles. The number of piperidine rings is 1. The van der Waals surface area contributed by atoms with E-state index in [0.717, 1.165) is 56.2 Å². The summed E-state index contributed by atoms with van der Waals surface area (Å²) in [4.78, 5) is 57.0. The van der Waals surface area contributed by atoms with Crippen molar-refractivity contribution in [2.45, 2.75) is 64.3 Å². The van der Waals surface area contributed by atoms with Crippen molar-refractivity contribution in [3.63, 3.8) is 0 Å². The Labute approximate surface area is 275 Å². The van der Waals surface area contributed by atoms with E-state index in [2.05, 4.69) is 15.1 Å². The van der Waals surface area contributed by atoms with E-state index < -0.39 is 35.5 Å². The summed E-state index contributed by atoms with van der Waals surface area (Å²) in [6.45, 7) is 11.4. The number of likely N-dealkylation sites (N-methyl/N-ethyl adjacent to an activating group) is 1. The maximum Gasteiger partial charge on any atom is 0.338 e. The number of anilines is 2. The van der Waals surface area contributed by atoms with E-state index in [1.54, 1.807) is 0 Å². The molecule has 0 saturated carbocycles. The first kappa shape index (κ1) is 34.3. The number of benzene rings is 2. The zero-order valence-corrected chi connectivity index (χ0v) is 27.7. The van der Waals surface area contributed by atoms with Crippen LogP contribution in [0.25, 0.3) is 0 Å². The lowest BCUT2D eigenvalue weighted by Gasteiger charge is -2.40. The van der Waals surface area contributed by atoms with Crippen LogP contribution in [0.5, 0.6) is 0 Å². The van der Waals surface area contributed by atoms with Gasteiger partial charge < -0.3 is 29.8 Å². The molecule has 0 radical (unpaired) electrons. The summed E-state index contributed by atoms with van der Waals surface area (Å²) in [5.41, 5.74) is 1.71. The Bertz CT molecular complexity index is 1460. The van der Waals surface area contributed by atoms with E-state index in [4.69, 9.17) is 4.74 Å². The average Bonchev–Trinajstić information content (AvgIpc) is 3.28. The standard InChI is InChI=1S/C35H46FN5O6/c1-35(2,3)47-34(46)24-7-9-25(10-8-24)39-17-15-38(16-18-39)22-23-11-13-40(14-12-23)30-21-27-26(20-28(30)36)32(44)41(33(27)45)29(6-5-19-42)31(43)37-4/h7-10,19-21,23,29,32,44H,5-6,11-18,22H2,1-4H3,(H,37,43). The normalized spacial score (nSPS) is 19.8. The van der Waals surface area contributed by atoms with Crippen molar-refractivity contribution in [2.75, 3.05) is 62.7 Å². The van der Waals surface area contributed by atoms with Gasteiger partial charge in [0.05, 0.1) is 11.3 Å². The molecule has 2 N–H and O–H groups in total. The lowest BCUT2D eigenvalue weighted by Crippen LogP contribution is -2.49. The first-order valence-corrected chi connectivity index (χ1v) is 16.4. The van der Waals surface area contributed by atoms with Crippen LogP contribution in [0, 0.1) is 11.7 Å². The van der Waals surface area contributed by atoms with Crippen molar-refractivity contribution >= 4 is 35.4 Å². The molecule has 2 fully saturated rings. The summed E-state index contributed by atoms with van der Waals surface area (Å²) in [6.07, 6.45) is 1.05. The van der Waals surface area contributed by atoms with Gasteiger partial charge in [0.15, 0.2) is 6.23 Å². The molecule has 2 aromatic rings. The molecule has 0 bridgehead atoms. The van der Waals surface area contributed by atoms with Gasteiger partial charge in [-0.2, -0.15) is 0 Å². The Balaban J connectivity index is 1.13. The summed E-state index contributed by atoms with van der Waals surface area (Å²) in [5, 5.41) is 13.4. The summed E-state index contributed by atoms with van der Waals surface area (Å²) in [6, 6.07) is 9.23. The van der Waals surface area contributed by atoms with E-state index in [1.807, 2.05) is 49.9 Å². The Morgan fingerprint density at radius 3 is 2.30 bits per heavy atom. The number of nitrogens with one attached hydrogen (secondary N) is 1. The largest absolute Gasteiger partial charge is 0.456 e. The summed E-state index contributed by atoms with van der Waals surface area (Å²) in [5.74, 6) is -1.42. The van der Waals surface area contributed by atoms with Gasteiger partial charge in [-0.25, -0.2) is 9.18 Å². The van der Waals surface area contributed by atoms with Crippen molar-refractivity contribution in [2.24, 2.45) is 5.92 Å². The summed E-state index contributed by atoms with van der Waals surface area (Å²) < 4.78 is 20.9. The molecule has 2 atom stereocenters. The maximum absolute atomic E-state index is 15.4. The molecular weight excluding hydrogens is 605 g/mol. The topological polar surface area (TPSA) is 123 Å². The fraction of sp³-hybridized carbons (Fsp3) is 0.543. The molecule has 0 aromatic heterocycles. The van der Waals surface area contributed by atoms with Crippen LogP contribution in [0.15, 0.2) is 36.4 Å². The number of halogens is 1. The molecule has 11 nitrogen and oxygen atoms in total. The minimum Gasteiger partial charge on any atom is -0.456 e. The second-order valence-electron chi connectivity index (χ2n) is 13.6. The van der Waals surface area contributed by atoms with Gasteiger partial charge in [-0.3, -0.25) is 19.4 Å². The smallest absolute Gasteiger partial charge is 0.338 e. The van der Waals surface area contributed by atoms with Gasteiger partial charge in [0.1, 0.15) is 23.7 Å². The number of aliphatic hydroxyl groups is 1. The molecule has 254 valence electrons. The monoisotopic (exact) mass is 651 g/mol. The first-order chi connectivity index (χ1) is 22.4. The Morgan fingerprint density at radius 2 is 1.70 bits per heavy atom. The Morgan fingerprint density at radius 1 is 1.04 bits per heavy atom. The Kier molecular flexibility index (Phi) is 10.5. The molecule has 0 spiro atoms. The second kappa shape index (κ2) is 14.4. The van der Waals surface area contributed by atoms with E-state index in [-0.39, 0.29) is 29.9 Å². The molecule has 12 heteroatoms. The highest BCUT2D eigenvalue weighted by atomic mass is 19.1. The maximum atomic E-state index is 15.4. The van der Waals surface area contributed by atoms with Crippen molar-refractivity contribution < 1.29 is 33.4 Å². The zero-order chi connectivity index (χ0) is 33.9. The van der Waals surface area contributed by atoms with Gasteiger partial charge in [0.2, 0.25) is 5.91 Å². The molecule has 3 aliphatic rings. The van der Waals surface area contributed by atoms with Crippen molar-refractivity contribution in [1.82, 2.24) is 15.1 Å². The van der Waals surface area contributed by atoms with Crippen LogP contribution < -0.4 is 15.1 Å². The van der Waals surface area contributed by atoms with Gasteiger partial charge in [0, 0.05) is 76.1 Å². The number of carbonyl (C=O) groups excluding carboxylic acids is 4. The number of fused-ring (bicyclic) bond motifs is 1. The predicted molar refractivity (Wildman–Crippen MR) is 176 cm³/mol. The van der Waals surface area contributed by atoms with Crippen LogP contribution in [0.2, 0.25) is 0 Å². The van der Waals surface area contributed by atoms with Crippen LogP contribution in [0.4, 0.5) is 15.8 Å². The van der Waals surface area contributed by atoms with E-state index in [1.165, 1.54) is 19.2 Å². The number of ether oxygens (including phenoxy) is 1. The molecule has 0 aliphatic carbocycles. The number of aliphatic hydroxyl groups excluding tert-OH is 1. The fourth-order valence-corrected chi connectivity index (χ4v) is 6.77. The fourth-order valence-electron chi connectivity index (χ4n) is 6.77. The highest BCUT2D eigenvalue weighted by Gasteiger charge is 2.43. The molecule has 47 heavy (non-hydrogen) atoms. The molecule has 2 saturated heterocycles. The Hall–Kier alpha value is -4.03. The zero-order valence-electron chi connectivity index (χ0n) is 27.7. The quantitative estimate of drug-likeness (QED) is 0.294. The minimum absolute atomic E-state index is 0.0420. The molecular formula is C35H46FN5O6. The van der Waals surface area contributed by atoms with Crippen LogP contribution in [-0.2, 0) is 14.3 Å². The number of aldehydes is 1. The summed E-state index contributed by atoms with van der Waals surface area (Å²) >= 11 is 0. The number of piperazine rings is 1. The highest BCUT2D eigenvalue weighted by Crippen LogP contribution is 2.39. The third-order valence-corrected chi connectivity index (χ3v) is 9.28. The van der Waals surface area contributed by atoms with Gasteiger partial charge in [0.25, 0.3) is 5.91 Å². The number of nitrogens with zero attached hydrogens (tertiary/aromatic N) is 4. The molecule has 3 heterocycles. The van der Waals surface area contributed by atoms with Gasteiger partial charge in [-0.1, -0.05) is 0 Å². The van der Waals surface area contributed by atoms with Crippen LogP contribution in [0.3, 0.4) is 0 Å². The molecule has 2 aromatic carbocycles. The highest BCUT2D eigenvalue weighted by molar-refractivity contribution is 6.02. The number of carbonyl (C=O) groups is 4. The molecule has 5 rings (SSSR count). The third kappa shape index (κ3) is 7.76. The average molecular weight is 652 g/mol. The first-order valence-electron chi connectivity index (χ1n) is 16.4. The van der Waals surface area contributed by atoms with Crippen LogP contribution in [0.1, 0.15) is 79.0 Å². The van der Waals surface area contributed by atoms with Crippen LogP contribution >= 0.6 is 0 Å². The third-order valence-electron chi connectivity index (χ3n) is 9.28. The molecule has 2 amide bonds. The number of hydrogen-bond acceptors (Lipinski definition) is 9. The van der Waals surface area contributed by atoms with Crippen LogP contribution in [-0.4, -0.2) is 103 Å². The minimum atomic E-state index is -1.47. The van der Waals surface area contributed by atoms with Crippen molar-refractivity contribution in [1.29, 1.82) is 0 Å². The number of rotatable bonds is 10. The van der Waals surface area contributed by atoms with Gasteiger partial charge >= 0.3 is 5.97 Å². The number of amides is 2. The molecule has 2 unspecified atom stereocenters. The van der Waals surface area contributed by atoms with E-state index >= 15 is 4.39 Å². The van der Waals surface area contributed by atoms with Crippen molar-refractivity contribution in [3.8, 4) is 0 Å². The lowest BCUT2D eigenvalue weighted by atomic mass is 9.95. The second-order valence-corrected chi connectivity index (χ2v) is 13.6. The summed E-state index contributed by atoms with van der Waals surface area (Å²) in [7, 11) is 1.42. The number of hydrogen-bond donors (Lipinski definition) is 2.